The van der Waals surface area contributed by atoms with E-state index in [1.165, 1.54) is 11.9 Å². The number of carboxylic acid groups (broad SMARTS) is 1. The van der Waals surface area contributed by atoms with Crippen LogP contribution in [0.25, 0.3) is 0 Å². The van der Waals surface area contributed by atoms with Crippen molar-refractivity contribution in [2.24, 2.45) is 0 Å². The Bertz CT molecular complexity index is 627. The zero-order valence-corrected chi connectivity index (χ0v) is 15.9. The Morgan fingerprint density at radius 3 is 2.75 bits per heavy atom. The van der Waals surface area contributed by atoms with E-state index in [9.17, 15) is 9.90 Å². The number of allylic oxidation sites excluding steroid dienone is 2. The molecule has 0 bridgehead atoms. The summed E-state index contributed by atoms with van der Waals surface area (Å²) >= 11 is 1.42. The smallest absolute Gasteiger partial charge is 0.481 e. The van der Waals surface area contributed by atoms with Gasteiger partial charge in [-0.15, -0.1) is 3.89 Å². The molecule has 4 nitrogen and oxygen atoms in total. The van der Waals surface area contributed by atoms with Gasteiger partial charge in [-0.3, -0.25) is 0 Å². The van der Waals surface area contributed by atoms with Crippen molar-refractivity contribution in [3.63, 3.8) is 0 Å². The molecule has 1 aromatic rings. The number of fused-ring (bicyclic) bond motifs is 1. The highest BCUT2D eigenvalue weighted by atomic mass is 32.2. The van der Waals surface area contributed by atoms with Gasteiger partial charge >= 0.3 is 6.09 Å². The summed E-state index contributed by atoms with van der Waals surface area (Å²) in [5.41, 5.74) is 1.52. The van der Waals surface area contributed by atoms with Crippen LogP contribution in [0.2, 0.25) is 0 Å². The van der Waals surface area contributed by atoms with Gasteiger partial charge in [0.25, 0.3) is 0 Å². The highest BCUT2D eigenvalue weighted by molar-refractivity contribution is 7.99. The largest absolute Gasteiger partial charge is 0.530 e. The van der Waals surface area contributed by atoms with Crippen LogP contribution in [0.3, 0.4) is 0 Å². The topological polar surface area (TPSA) is 46.5 Å². The zero-order chi connectivity index (χ0) is 17.8. The average molecular weight is 351 g/mol. The van der Waals surface area contributed by atoms with Crippen molar-refractivity contribution in [2.45, 2.75) is 52.1 Å². The summed E-state index contributed by atoms with van der Waals surface area (Å²) in [5.74, 6) is 1.48. The third-order valence-electron chi connectivity index (χ3n) is 4.15. The van der Waals surface area contributed by atoms with Gasteiger partial charge in [-0.1, -0.05) is 37.6 Å². The molecule has 0 saturated heterocycles. The number of ether oxygens (including phenoxy) is 1. The van der Waals surface area contributed by atoms with E-state index in [1.807, 2.05) is 32.0 Å². The summed E-state index contributed by atoms with van der Waals surface area (Å²) in [6, 6.07) is 5.83. The van der Waals surface area contributed by atoms with Crippen LogP contribution in [0.5, 0.6) is 5.75 Å². The van der Waals surface area contributed by atoms with Gasteiger partial charge < -0.3 is 9.84 Å². The number of amides is 1. The summed E-state index contributed by atoms with van der Waals surface area (Å²) in [6.45, 7) is 6.22. The van der Waals surface area contributed by atoms with Crippen LogP contribution in [0.4, 0.5) is 10.5 Å². The molecule has 0 aliphatic carbocycles. The molecule has 132 valence electrons. The molecule has 0 spiro atoms. The number of hydrogen-bond donors (Lipinski definition) is 1. The van der Waals surface area contributed by atoms with Gasteiger partial charge in [-0.2, -0.15) is 4.79 Å². The molecule has 24 heavy (non-hydrogen) atoms. The van der Waals surface area contributed by atoms with Gasteiger partial charge in [0, 0.05) is 18.1 Å². The van der Waals surface area contributed by atoms with Crippen molar-refractivity contribution in [3.8, 4) is 5.75 Å². The lowest BCUT2D eigenvalue weighted by Gasteiger charge is -2.27. The molecule has 0 saturated carbocycles. The molecule has 1 aliphatic rings. The number of rotatable bonds is 7. The Morgan fingerprint density at radius 1 is 1.38 bits per heavy atom. The Labute approximate surface area is 149 Å². The minimum Gasteiger partial charge on any atom is -0.481 e. The first kappa shape index (κ1) is 18.9. The molecule has 1 aliphatic heterocycles. The lowest BCUT2D eigenvalue weighted by molar-refractivity contribution is 0.136. The molecule has 0 fully saturated rings. The predicted molar refractivity (Wildman–Crippen MR) is 102 cm³/mol. The molecular weight excluding hydrogens is 322 g/mol. The molecule has 1 atom stereocenters. The van der Waals surface area contributed by atoms with Gasteiger partial charge in [0.15, 0.2) is 11.4 Å². The van der Waals surface area contributed by atoms with Crippen molar-refractivity contribution in [1.82, 2.24) is 3.89 Å². The van der Waals surface area contributed by atoms with E-state index in [2.05, 4.69) is 19.1 Å². The number of hydrogen-bond acceptors (Lipinski definition) is 3. The van der Waals surface area contributed by atoms with Crippen molar-refractivity contribution in [3.05, 3.63) is 35.9 Å². The molecular formula is C19H28NO3S+. The first-order valence-electron chi connectivity index (χ1n) is 8.51. The SMILES string of the molecule is CCCC=CCCS[N+](C)(C(=O)O)c1cccc2c1OC(C)(C)C2. The number of unbranched alkanes of at least 4 members (excludes halogenated alkanes) is 1. The van der Waals surface area contributed by atoms with Crippen LogP contribution >= 0.6 is 11.9 Å². The Hall–Kier alpha value is -1.46. The highest BCUT2D eigenvalue weighted by Crippen LogP contribution is 2.46. The van der Waals surface area contributed by atoms with Gasteiger partial charge in [0.1, 0.15) is 5.60 Å². The van der Waals surface area contributed by atoms with Crippen LogP contribution in [-0.4, -0.2) is 29.6 Å². The first-order valence-corrected chi connectivity index (χ1v) is 9.45. The summed E-state index contributed by atoms with van der Waals surface area (Å²) < 4.78 is 5.85. The third-order valence-corrected chi connectivity index (χ3v) is 5.44. The Morgan fingerprint density at radius 2 is 2.08 bits per heavy atom. The molecule has 2 rings (SSSR count). The van der Waals surface area contributed by atoms with Gasteiger partial charge in [0.2, 0.25) is 0 Å². The molecule has 1 heterocycles. The quantitative estimate of drug-likeness (QED) is 0.309. The van der Waals surface area contributed by atoms with Crippen LogP contribution < -0.4 is 8.63 Å². The minimum absolute atomic E-state index is 0.221. The van der Waals surface area contributed by atoms with Crippen LogP contribution in [0.1, 0.15) is 45.6 Å². The van der Waals surface area contributed by atoms with Crippen molar-refractivity contribution in [2.75, 3.05) is 12.8 Å². The van der Waals surface area contributed by atoms with E-state index in [-0.39, 0.29) is 9.49 Å². The zero-order valence-electron chi connectivity index (χ0n) is 15.0. The molecule has 1 N–H and O–H groups in total. The van der Waals surface area contributed by atoms with E-state index < -0.39 is 6.09 Å². The van der Waals surface area contributed by atoms with Crippen LogP contribution in [0, 0.1) is 0 Å². The number of quaternary nitrogens is 1. The highest BCUT2D eigenvalue weighted by Gasteiger charge is 2.43. The van der Waals surface area contributed by atoms with E-state index in [1.54, 1.807) is 7.05 Å². The lowest BCUT2D eigenvalue weighted by Crippen LogP contribution is -2.43. The standard InChI is InChI=1S/C19H27NO3S/c1-5-6-7-8-9-13-24-20(4,18(21)22)16-12-10-11-15-14-19(2,3)23-17(15)16/h7-8,10-12H,5-6,9,13-14H2,1-4H3/p+1. The van der Waals surface area contributed by atoms with E-state index >= 15 is 0 Å². The van der Waals surface area contributed by atoms with Gasteiger partial charge in [0.05, 0.1) is 24.7 Å². The first-order chi connectivity index (χ1) is 11.3. The molecule has 1 amide bonds. The molecule has 1 aromatic carbocycles. The van der Waals surface area contributed by atoms with Crippen molar-refractivity contribution < 1.29 is 14.6 Å². The fraction of sp³-hybridized carbons (Fsp3) is 0.526. The number of para-hydroxylation sites is 1. The maximum atomic E-state index is 12.0. The Kier molecular flexibility index (Phi) is 5.99. The molecule has 0 radical (unpaired) electrons. The van der Waals surface area contributed by atoms with Gasteiger partial charge in [-0.25, -0.2) is 0 Å². The number of nitrogens with zero attached hydrogens (tertiary/aromatic N) is 1. The van der Waals surface area contributed by atoms with Crippen LogP contribution in [-0.2, 0) is 6.42 Å². The molecule has 1 unspecified atom stereocenters. The summed E-state index contributed by atoms with van der Waals surface area (Å²) in [5, 5.41) is 9.87. The maximum absolute atomic E-state index is 12.0. The third kappa shape index (κ3) is 4.14. The Balaban J connectivity index is 2.20. The van der Waals surface area contributed by atoms with Crippen molar-refractivity contribution in [1.29, 1.82) is 0 Å². The fourth-order valence-electron chi connectivity index (χ4n) is 2.87. The minimum atomic E-state index is -0.876. The predicted octanol–water partition coefficient (Wildman–Crippen LogP) is 5.41. The second-order valence-electron chi connectivity index (χ2n) is 6.89. The van der Waals surface area contributed by atoms with E-state index in [0.29, 0.717) is 5.69 Å². The average Bonchev–Trinajstić information content (AvgIpc) is 2.83. The second-order valence-corrected chi connectivity index (χ2v) is 8.29. The van der Waals surface area contributed by atoms with Crippen LogP contribution in [0.15, 0.2) is 30.4 Å². The monoisotopic (exact) mass is 350 g/mol. The number of carbonyl (C=O) groups is 1. The molecule has 5 heteroatoms. The summed E-state index contributed by atoms with van der Waals surface area (Å²) in [6.07, 6.45) is 7.31. The van der Waals surface area contributed by atoms with E-state index in [0.717, 1.165) is 42.7 Å². The summed E-state index contributed by atoms with van der Waals surface area (Å²) in [7, 11) is 1.73. The van der Waals surface area contributed by atoms with Crippen molar-refractivity contribution >= 4 is 23.7 Å². The van der Waals surface area contributed by atoms with Gasteiger partial charge in [-0.05, 0) is 26.7 Å². The van der Waals surface area contributed by atoms with E-state index in [4.69, 9.17) is 4.74 Å². The fourth-order valence-corrected chi connectivity index (χ4v) is 3.87. The lowest BCUT2D eigenvalue weighted by atomic mass is 10.0. The molecule has 0 aromatic heterocycles. The summed E-state index contributed by atoms with van der Waals surface area (Å²) in [4.78, 5) is 12.0. The number of benzene rings is 1. The maximum Gasteiger partial charge on any atom is 0.530 e. The second kappa shape index (κ2) is 7.62. The normalized spacial score (nSPS) is 18.2.